The topological polar surface area (TPSA) is 89.2 Å². The van der Waals surface area contributed by atoms with Crippen molar-refractivity contribution in [1.82, 2.24) is 4.90 Å². The van der Waals surface area contributed by atoms with Crippen LogP contribution >= 0.6 is 0 Å². The van der Waals surface area contributed by atoms with E-state index in [-0.39, 0.29) is 23.4 Å². The van der Waals surface area contributed by atoms with Crippen LogP contribution in [0.4, 0.5) is 4.39 Å². The molecule has 1 saturated heterocycles. The molecule has 1 aliphatic heterocycles. The summed E-state index contributed by atoms with van der Waals surface area (Å²) in [6.07, 6.45) is 1.46. The molecule has 1 fully saturated rings. The predicted octanol–water partition coefficient (Wildman–Crippen LogP) is 4.06. The summed E-state index contributed by atoms with van der Waals surface area (Å²) < 4.78 is 29.8. The molecule has 1 atom stereocenters. The zero-order chi connectivity index (χ0) is 22.8. The SMILES string of the molecule is COc1cccc(C2/C(=C(\O)c3ccc(OC)c(F)c3)C(=O)C(=O)N2Cc2ccco2)c1. The number of nitrogens with zero attached hydrogens (tertiary/aromatic N) is 1. The van der Waals surface area contributed by atoms with E-state index >= 15 is 0 Å². The molecule has 2 heterocycles. The van der Waals surface area contributed by atoms with E-state index in [0.717, 1.165) is 6.07 Å². The molecule has 8 heteroatoms. The van der Waals surface area contributed by atoms with Gasteiger partial charge in [-0.15, -0.1) is 0 Å². The van der Waals surface area contributed by atoms with Crippen molar-refractivity contribution in [3.8, 4) is 11.5 Å². The number of carbonyl (C=O) groups is 2. The van der Waals surface area contributed by atoms with Gasteiger partial charge in [0.25, 0.3) is 11.7 Å². The number of aliphatic hydroxyl groups is 1. The molecule has 3 aromatic rings. The van der Waals surface area contributed by atoms with E-state index in [1.165, 1.54) is 37.5 Å². The lowest BCUT2D eigenvalue weighted by molar-refractivity contribution is -0.140. The lowest BCUT2D eigenvalue weighted by atomic mass is 9.95. The van der Waals surface area contributed by atoms with Gasteiger partial charge in [-0.25, -0.2) is 4.39 Å². The highest BCUT2D eigenvalue weighted by Gasteiger charge is 2.46. The lowest BCUT2D eigenvalue weighted by Gasteiger charge is -2.24. The fraction of sp³-hybridized carbons (Fsp3) is 0.167. The fourth-order valence-electron chi connectivity index (χ4n) is 3.74. The van der Waals surface area contributed by atoms with Crippen LogP contribution in [0.5, 0.6) is 11.5 Å². The third-order valence-corrected chi connectivity index (χ3v) is 5.28. The molecule has 4 rings (SSSR count). The van der Waals surface area contributed by atoms with Gasteiger partial charge in [-0.2, -0.15) is 0 Å². The van der Waals surface area contributed by atoms with Crippen molar-refractivity contribution in [1.29, 1.82) is 0 Å². The molecule has 0 spiro atoms. The second kappa shape index (κ2) is 8.58. The number of hydrogen-bond donors (Lipinski definition) is 1. The summed E-state index contributed by atoms with van der Waals surface area (Å²) in [7, 11) is 2.82. The summed E-state index contributed by atoms with van der Waals surface area (Å²) in [6, 6.07) is 13.1. The molecule has 164 valence electrons. The molecule has 1 aliphatic rings. The summed E-state index contributed by atoms with van der Waals surface area (Å²) in [5.41, 5.74) is 0.442. The second-order valence-electron chi connectivity index (χ2n) is 7.13. The number of carbonyl (C=O) groups excluding carboxylic acids is 2. The Hall–Kier alpha value is -4.07. The van der Waals surface area contributed by atoms with Gasteiger partial charge in [0.1, 0.15) is 17.3 Å². The van der Waals surface area contributed by atoms with Crippen LogP contribution in [0.15, 0.2) is 70.9 Å². The first-order chi connectivity index (χ1) is 15.4. The highest BCUT2D eigenvalue weighted by molar-refractivity contribution is 6.46. The molecule has 32 heavy (non-hydrogen) atoms. The van der Waals surface area contributed by atoms with Gasteiger partial charge in [0.05, 0.1) is 38.6 Å². The molecule has 1 amide bonds. The Labute approximate surface area is 183 Å². The van der Waals surface area contributed by atoms with Crippen LogP contribution in [-0.4, -0.2) is 35.9 Å². The van der Waals surface area contributed by atoms with E-state index in [4.69, 9.17) is 13.9 Å². The van der Waals surface area contributed by atoms with E-state index in [0.29, 0.717) is 17.1 Å². The van der Waals surface area contributed by atoms with Crippen molar-refractivity contribution >= 4 is 17.4 Å². The number of likely N-dealkylation sites (tertiary alicyclic amines) is 1. The second-order valence-corrected chi connectivity index (χ2v) is 7.13. The third-order valence-electron chi connectivity index (χ3n) is 5.28. The number of Topliss-reactive ketones (excluding diaryl/α,β-unsaturated/α-hetero) is 1. The first-order valence-corrected chi connectivity index (χ1v) is 9.73. The van der Waals surface area contributed by atoms with E-state index < -0.39 is 29.3 Å². The third kappa shape index (κ3) is 3.71. The van der Waals surface area contributed by atoms with Gasteiger partial charge in [-0.1, -0.05) is 12.1 Å². The van der Waals surface area contributed by atoms with Crippen molar-refractivity contribution in [3.05, 3.63) is 89.1 Å². The average molecular weight is 437 g/mol. The highest BCUT2D eigenvalue weighted by Crippen LogP contribution is 2.41. The number of hydrogen-bond acceptors (Lipinski definition) is 6. The van der Waals surface area contributed by atoms with Crippen molar-refractivity contribution in [2.75, 3.05) is 14.2 Å². The van der Waals surface area contributed by atoms with Crippen LogP contribution in [0.2, 0.25) is 0 Å². The van der Waals surface area contributed by atoms with Crippen LogP contribution in [-0.2, 0) is 16.1 Å². The van der Waals surface area contributed by atoms with Gasteiger partial charge in [0, 0.05) is 5.56 Å². The van der Waals surface area contributed by atoms with Gasteiger partial charge >= 0.3 is 0 Å². The van der Waals surface area contributed by atoms with Gasteiger partial charge in [-0.05, 0) is 48.0 Å². The number of ketones is 1. The Morgan fingerprint density at radius 1 is 1.09 bits per heavy atom. The highest BCUT2D eigenvalue weighted by atomic mass is 19.1. The maximum absolute atomic E-state index is 14.3. The molecule has 7 nitrogen and oxygen atoms in total. The molecule has 0 saturated carbocycles. The van der Waals surface area contributed by atoms with Crippen molar-refractivity contribution < 1.29 is 33.0 Å². The van der Waals surface area contributed by atoms with Crippen LogP contribution in [0, 0.1) is 5.82 Å². The van der Waals surface area contributed by atoms with Crippen LogP contribution in [0.3, 0.4) is 0 Å². The van der Waals surface area contributed by atoms with Gasteiger partial charge < -0.3 is 23.9 Å². The Morgan fingerprint density at radius 2 is 1.91 bits per heavy atom. The van der Waals surface area contributed by atoms with Crippen molar-refractivity contribution in [2.24, 2.45) is 0 Å². The van der Waals surface area contributed by atoms with E-state index in [2.05, 4.69) is 0 Å². The van der Waals surface area contributed by atoms with Crippen LogP contribution in [0.25, 0.3) is 5.76 Å². The van der Waals surface area contributed by atoms with Gasteiger partial charge in [0.15, 0.2) is 11.6 Å². The standard InChI is InChI=1S/C24H20FNO6/c1-30-16-6-3-5-14(11-16)21-20(22(27)15-8-9-19(31-2)18(25)12-15)23(28)24(29)26(21)13-17-7-4-10-32-17/h3-12,21,27H,13H2,1-2H3/b22-20+. The molecule has 0 bridgehead atoms. The number of ether oxygens (including phenoxy) is 2. The van der Waals surface area contributed by atoms with Crippen molar-refractivity contribution in [2.45, 2.75) is 12.6 Å². The van der Waals surface area contributed by atoms with Crippen LogP contribution < -0.4 is 9.47 Å². The number of furan rings is 1. The van der Waals surface area contributed by atoms with E-state index in [1.807, 2.05) is 0 Å². The zero-order valence-electron chi connectivity index (χ0n) is 17.4. The Kier molecular flexibility index (Phi) is 5.68. The summed E-state index contributed by atoms with van der Waals surface area (Å²) in [5, 5.41) is 11.0. The smallest absolute Gasteiger partial charge is 0.296 e. The number of benzene rings is 2. The largest absolute Gasteiger partial charge is 0.507 e. The number of rotatable bonds is 6. The average Bonchev–Trinajstić information content (AvgIpc) is 3.41. The quantitative estimate of drug-likeness (QED) is 0.355. The first-order valence-electron chi connectivity index (χ1n) is 9.73. The first kappa shape index (κ1) is 21.2. The van der Waals surface area contributed by atoms with Gasteiger partial charge in [0.2, 0.25) is 0 Å². The lowest BCUT2D eigenvalue weighted by Crippen LogP contribution is -2.29. The van der Waals surface area contributed by atoms with Crippen molar-refractivity contribution in [3.63, 3.8) is 0 Å². The molecular weight excluding hydrogens is 417 g/mol. The Morgan fingerprint density at radius 3 is 2.56 bits per heavy atom. The number of halogens is 1. The number of methoxy groups -OCH3 is 2. The van der Waals surface area contributed by atoms with E-state index in [1.54, 1.807) is 36.4 Å². The molecule has 1 N–H and O–H groups in total. The Balaban J connectivity index is 1.88. The normalized spacial score (nSPS) is 17.6. The number of amides is 1. The molecule has 1 unspecified atom stereocenters. The molecule has 2 aromatic carbocycles. The minimum atomic E-state index is -0.930. The Bertz CT molecular complexity index is 1200. The predicted molar refractivity (Wildman–Crippen MR) is 113 cm³/mol. The summed E-state index contributed by atoms with van der Waals surface area (Å²) in [5.74, 6) is -1.90. The molecular formula is C24H20FNO6. The molecule has 0 radical (unpaired) electrons. The minimum Gasteiger partial charge on any atom is -0.507 e. The maximum Gasteiger partial charge on any atom is 0.296 e. The maximum atomic E-state index is 14.3. The van der Waals surface area contributed by atoms with Crippen LogP contribution in [0.1, 0.15) is 22.9 Å². The summed E-state index contributed by atoms with van der Waals surface area (Å²) in [6.45, 7) is 0.00715. The molecule has 0 aliphatic carbocycles. The van der Waals surface area contributed by atoms with E-state index in [9.17, 15) is 19.1 Å². The minimum absolute atomic E-state index is 0.00715. The zero-order valence-corrected chi connectivity index (χ0v) is 17.4. The monoisotopic (exact) mass is 437 g/mol. The molecule has 1 aromatic heterocycles. The number of aliphatic hydroxyl groups excluding tert-OH is 1. The van der Waals surface area contributed by atoms with Gasteiger partial charge in [-0.3, -0.25) is 9.59 Å². The fourth-order valence-corrected chi connectivity index (χ4v) is 3.74. The summed E-state index contributed by atoms with van der Waals surface area (Å²) in [4.78, 5) is 27.3. The summed E-state index contributed by atoms with van der Waals surface area (Å²) >= 11 is 0.